The van der Waals surface area contributed by atoms with E-state index in [1.165, 1.54) is 0 Å². The minimum absolute atomic E-state index is 0.0298. The van der Waals surface area contributed by atoms with Gasteiger partial charge in [0, 0.05) is 23.2 Å². The van der Waals surface area contributed by atoms with Crippen molar-refractivity contribution >= 4 is 22.4 Å². The van der Waals surface area contributed by atoms with Crippen LogP contribution in [0.2, 0.25) is 5.02 Å². The van der Waals surface area contributed by atoms with E-state index in [0.29, 0.717) is 23.6 Å². The van der Waals surface area contributed by atoms with Gasteiger partial charge in [-0.1, -0.05) is 11.6 Å². The van der Waals surface area contributed by atoms with Gasteiger partial charge in [-0.05, 0) is 80.6 Å². The molecule has 0 atom stereocenters. The first-order valence-electron chi connectivity index (χ1n) is 9.21. The van der Waals surface area contributed by atoms with Crippen molar-refractivity contribution in [3.8, 4) is 11.5 Å². The number of unbranched alkanes of at least 4 members (excludes halogenated alkanes) is 1. The molecule has 0 aliphatic heterocycles. The van der Waals surface area contributed by atoms with Crippen molar-refractivity contribution in [3.05, 3.63) is 70.1 Å². The Balaban J connectivity index is 1.56. The van der Waals surface area contributed by atoms with Crippen LogP contribution in [-0.2, 0) is 6.54 Å². The predicted molar refractivity (Wildman–Crippen MR) is 110 cm³/mol. The van der Waals surface area contributed by atoms with E-state index < -0.39 is 0 Å². The molecule has 0 saturated carbocycles. The smallest absolute Gasteiger partial charge is 0.258 e. The Morgan fingerprint density at radius 1 is 1.00 bits per heavy atom. The van der Waals surface area contributed by atoms with Crippen molar-refractivity contribution in [2.75, 3.05) is 6.61 Å². The average Bonchev–Trinajstić information content (AvgIpc) is 2.64. The van der Waals surface area contributed by atoms with Gasteiger partial charge in [-0.3, -0.25) is 4.79 Å². The Morgan fingerprint density at radius 3 is 2.48 bits per heavy atom. The van der Waals surface area contributed by atoms with Gasteiger partial charge in [0.2, 0.25) is 0 Å². The molecule has 27 heavy (non-hydrogen) atoms. The molecule has 0 aliphatic carbocycles. The van der Waals surface area contributed by atoms with Gasteiger partial charge in [0.1, 0.15) is 11.5 Å². The van der Waals surface area contributed by atoms with E-state index in [-0.39, 0.29) is 11.7 Å². The van der Waals surface area contributed by atoms with E-state index in [9.17, 15) is 4.79 Å². The van der Waals surface area contributed by atoms with Gasteiger partial charge >= 0.3 is 0 Å². The Bertz CT molecular complexity index is 948. The number of pyridine rings is 1. The number of rotatable bonds is 8. The summed E-state index contributed by atoms with van der Waals surface area (Å²) in [6.45, 7) is 5.25. The summed E-state index contributed by atoms with van der Waals surface area (Å²) in [7, 11) is 0. The third-order valence-corrected chi connectivity index (χ3v) is 4.45. The number of aromatic nitrogens is 1. The molecule has 0 spiro atoms. The molecule has 3 rings (SSSR count). The number of benzene rings is 2. The van der Waals surface area contributed by atoms with Gasteiger partial charge in [0.25, 0.3) is 5.56 Å². The Morgan fingerprint density at radius 2 is 1.74 bits per heavy atom. The molecule has 0 bridgehead atoms. The zero-order chi connectivity index (χ0) is 19.2. The van der Waals surface area contributed by atoms with Crippen LogP contribution in [0.5, 0.6) is 11.5 Å². The Kier molecular flexibility index (Phi) is 6.40. The highest BCUT2D eigenvalue weighted by molar-refractivity contribution is 6.30. The van der Waals surface area contributed by atoms with Crippen molar-refractivity contribution in [2.24, 2.45) is 0 Å². The highest BCUT2D eigenvalue weighted by atomic mass is 35.5. The van der Waals surface area contributed by atoms with Crippen LogP contribution in [0.25, 0.3) is 10.8 Å². The molecule has 1 heterocycles. The highest BCUT2D eigenvalue weighted by Gasteiger charge is 2.05. The standard InChI is InChI=1S/C22H24ClNO3/c1-16(2)27-20-9-10-21-17(15-20)11-13-24(22(21)25)12-3-4-14-26-19-7-5-18(23)6-8-19/h5-11,13,15-16H,3-4,12,14H2,1-2H3. The van der Waals surface area contributed by atoms with Gasteiger partial charge in [-0.15, -0.1) is 0 Å². The van der Waals surface area contributed by atoms with E-state index in [1.807, 2.05) is 68.6 Å². The number of ether oxygens (including phenoxy) is 2. The second-order valence-corrected chi connectivity index (χ2v) is 7.18. The van der Waals surface area contributed by atoms with E-state index in [2.05, 4.69) is 0 Å². The van der Waals surface area contributed by atoms with Crippen molar-refractivity contribution in [3.63, 3.8) is 0 Å². The second kappa shape index (κ2) is 8.96. The fourth-order valence-electron chi connectivity index (χ4n) is 2.89. The molecule has 0 amide bonds. The largest absolute Gasteiger partial charge is 0.494 e. The van der Waals surface area contributed by atoms with Crippen molar-refractivity contribution in [2.45, 2.75) is 39.3 Å². The van der Waals surface area contributed by atoms with Crippen LogP contribution in [-0.4, -0.2) is 17.3 Å². The molecule has 142 valence electrons. The maximum Gasteiger partial charge on any atom is 0.258 e. The molecule has 2 aromatic carbocycles. The molecule has 5 heteroatoms. The quantitative estimate of drug-likeness (QED) is 0.494. The molecule has 3 aromatic rings. The molecule has 0 aliphatic rings. The van der Waals surface area contributed by atoms with Gasteiger partial charge < -0.3 is 14.0 Å². The lowest BCUT2D eigenvalue weighted by molar-refractivity contribution is 0.243. The normalized spacial score (nSPS) is 11.1. The van der Waals surface area contributed by atoms with E-state index >= 15 is 0 Å². The fraction of sp³-hybridized carbons (Fsp3) is 0.318. The minimum atomic E-state index is 0.0298. The van der Waals surface area contributed by atoms with Gasteiger partial charge in [0.15, 0.2) is 0 Å². The molecule has 4 nitrogen and oxygen atoms in total. The maximum atomic E-state index is 12.7. The van der Waals surface area contributed by atoms with Crippen LogP contribution < -0.4 is 15.0 Å². The zero-order valence-electron chi connectivity index (χ0n) is 15.7. The van der Waals surface area contributed by atoms with Crippen LogP contribution >= 0.6 is 11.6 Å². The van der Waals surface area contributed by atoms with Crippen LogP contribution in [0.3, 0.4) is 0 Å². The topological polar surface area (TPSA) is 40.5 Å². The van der Waals surface area contributed by atoms with Crippen LogP contribution in [0.1, 0.15) is 26.7 Å². The third-order valence-electron chi connectivity index (χ3n) is 4.20. The van der Waals surface area contributed by atoms with Crippen LogP contribution in [0.4, 0.5) is 0 Å². The number of hydrogen-bond acceptors (Lipinski definition) is 3. The van der Waals surface area contributed by atoms with Crippen molar-refractivity contribution in [1.29, 1.82) is 0 Å². The van der Waals surface area contributed by atoms with E-state index in [1.54, 1.807) is 4.57 Å². The van der Waals surface area contributed by atoms with E-state index in [0.717, 1.165) is 29.7 Å². The molecule has 0 radical (unpaired) electrons. The lowest BCUT2D eigenvalue weighted by Crippen LogP contribution is -2.19. The molecule has 0 N–H and O–H groups in total. The summed E-state index contributed by atoms with van der Waals surface area (Å²) in [6.07, 6.45) is 3.70. The summed E-state index contributed by atoms with van der Waals surface area (Å²) < 4.78 is 13.1. The summed E-state index contributed by atoms with van der Waals surface area (Å²) >= 11 is 5.86. The monoisotopic (exact) mass is 385 g/mol. The van der Waals surface area contributed by atoms with Crippen LogP contribution in [0.15, 0.2) is 59.5 Å². The molecule has 0 saturated heterocycles. The summed E-state index contributed by atoms with van der Waals surface area (Å²) in [5.74, 6) is 1.59. The van der Waals surface area contributed by atoms with Crippen molar-refractivity contribution in [1.82, 2.24) is 4.57 Å². The fourth-order valence-corrected chi connectivity index (χ4v) is 3.02. The number of hydrogen-bond donors (Lipinski definition) is 0. The SMILES string of the molecule is CC(C)Oc1ccc2c(=O)n(CCCCOc3ccc(Cl)cc3)ccc2c1. The lowest BCUT2D eigenvalue weighted by Gasteiger charge is -2.11. The predicted octanol–water partition coefficient (Wildman–Crippen LogP) is 5.30. The summed E-state index contributed by atoms with van der Waals surface area (Å²) in [4.78, 5) is 12.7. The molecule has 0 unspecified atom stereocenters. The first-order chi connectivity index (χ1) is 13.0. The zero-order valence-corrected chi connectivity index (χ0v) is 16.4. The molecule has 1 aromatic heterocycles. The van der Waals surface area contributed by atoms with Gasteiger partial charge in [0.05, 0.1) is 12.7 Å². The summed E-state index contributed by atoms with van der Waals surface area (Å²) in [5.41, 5.74) is 0.0298. The second-order valence-electron chi connectivity index (χ2n) is 6.74. The highest BCUT2D eigenvalue weighted by Crippen LogP contribution is 2.19. The summed E-state index contributed by atoms with van der Waals surface area (Å²) in [6, 6.07) is 14.9. The summed E-state index contributed by atoms with van der Waals surface area (Å²) in [5, 5.41) is 2.31. The number of halogens is 1. The maximum absolute atomic E-state index is 12.7. The number of nitrogens with zero attached hydrogens (tertiary/aromatic N) is 1. The van der Waals surface area contributed by atoms with Crippen molar-refractivity contribution < 1.29 is 9.47 Å². The lowest BCUT2D eigenvalue weighted by atomic mass is 10.1. The van der Waals surface area contributed by atoms with Gasteiger partial charge in [-0.2, -0.15) is 0 Å². The minimum Gasteiger partial charge on any atom is -0.494 e. The Hall–Kier alpha value is -2.46. The first-order valence-corrected chi connectivity index (χ1v) is 9.59. The van der Waals surface area contributed by atoms with E-state index in [4.69, 9.17) is 21.1 Å². The molecule has 0 fully saturated rings. The number of fused-ring (bicyclic) bond motifs is 1. The van der Waals surface area contributed by atoms with Crippen LogP contribution in [0, 0.1) is 0 Å². The molecular weight excluding hydrogens is 362 g/mol. The Labute approximate surface area is 164 Å². The number of aryl methyl sites for hydroxylation is 1. The average molecular weight is 386 g/mol. The third kappa shape index (κ3) is 5.27. The molecular formula is C22H24ClNO3. The first kappa shape index (κ1) is 19.3. The van der Waals surface area contributed by atoms with Gasteiger partial charge in [-0.25, -0.2) is 0 Å².